The third-order valence-electron chi connectivity index (χ3n) is 3.97. The number of benzene rings is 2. The van der Waals surface area contributed by atoms with Crippen LogP contribution in [0.5, 0.6) is 23.1 Å². The first kappa shape index (κ1) is 21.5. The Bertz CT molecular complexity index is 1050. The van der Waals surface area contributed by atoms with Crippen LogP contribution in [0.1, 0.15) is 5.56 Å². The lowest BCUT2D eigenvalue weighted by molar-refractivity contribution is -0.111. The van der Waals surface area contributed by atoms with Gasteiger partial charge in [-0.15, -0.1) is 0 Å². The molecule has 0 saturated heterocycles. The van der Waals surface area contributed by atoms with E-state index < -0.39 is 0 Å². The summed E-state index contributed by atoms with van der Waals surface area (Å²) in [6, 6.07) is 13.7. The molecule has 0 radical (unpaired) electrons. The molecule has 0 aliphatic heterocycles. The Morgan fingerprint density at radius 2 is 1.77 bits per heavy atom. The highest BCUT2D eigenvalue weighted by Crippen LogP contribution is 2.37. The minimum atomic E-state index is -0.339. The molecule has 8 heteroatoms. The number of pyridine rings is 1. The summed E-state index contributed by atoms with van der Waals surface area (Å²) in [6.45, 7) is 0. The molecule has 0 saturated carbocycles. The van der Waals surface area contributed by atoms with Crippen molar-refractivity contribution in [2.24, 2.45) is 0 Å². The maximum absolute atomic E-state index is 12.2. The lowest BCUT2D eigenvalue weighted by atomic mass is 10.2. The van der Waals surface area contributed by atoms with Crippen molar-refractivity contribution in [3.63, 3.8) is 0 Å². The van der Waals surface area contributed by atoms with Gasteiger partial charge in [0.15, 0.2) is 11.5 Å². The minimum Gasteiger partial charge on any atom is -0.493 e. The molecule has 0 spiro atoms. The standard InChI is InChI=1S/C22H18Cl2N2O4/c1-28-18-10-3-14(21(24)22(18)29-2)4-11-19(27)26-16-7-12-20(25-13-16)30-17-8-5-15(23)6-9-17/h3-13H,1-2H3,(H,26,27)/b11-4+. The van der Waals surface area contributed by atoms with E-state index in [9.17, 15) is 4.79 Å². The number of anilines is 1. The van der Waals surface area contributed by atoms with Gasteiger partial charge in [-0.3, -0.25) is 4.79 Å². The Kier molecular flexibility index (Phi) is 7.17. The molecule has 0 bridgehead atoms. The second-order valence-corrected chi connectivity index (χ2v) is 6.78. The van der Waals surface area contributed by atoms with E-state index in [0.717, 1.165) is 0 Å². The zero-order valence-corrected chi connectivity index (χ0v) is 17.7. The van der Waals surface area contributed by atoms with Crippen molar-refractivity contribution < 1.29 is 19.0 Å². The van der Waals surface area contributed by atoms with Crippen molar-refractivity contribution in [3.8, 4) is 23.1 Å². The molecule has 0 aliphatic rings. The average molecular weight is 445 g/mol. The first-order valence-electron chi connectivity index (χ1n) is 8.79. The van der Waals surface area contributed by atoms with Gasteiger partial charge >= 0.3 is 0 Å². The van der Waals surface area contributed by atoms with Gasteiger partial charge in [-0.25, -0.2) is 4.98 Å². The van der Waals surface area contributed by atoms with E-state index in [0.29, 0.717) is 44.4 Å². The third kappa shape index (κ3) is 5.43. The van der Waals surface area contributed by atoms with Crippen LogP contribution in [-0.2, 0) is 4.79 Å². The number of aromatic nitrogens is 1. The first-order chi connectivity index (χ1) is 14.5. The molecule has 0 atom stereocenters. The van der Waals surface area contributed by atoms with Crippen molar-refractivity contribution >= 4 is 40.9 Å². The van der Waals surface area contributed by atoms with Crippen LogP contribution in [0.25, 0.3) is 6.08 Å². The van der Waals surface area contributed by atoms with Crippen molar-refractivity contribution in [3.05, 3.63) is 76.4 Å². The number of nitrogens with zero attached hydrogens (tertiary/aromatic N) is 1. The van der Waals surface area contributed by atoms with Crippen LogP contribution in [0.3, 0.4) is 0 Å². The van der Waals surface area contributed by atoms with Gasteiger partial charge in [0.1, 0.15) is 5.75 Å². The van der Waals surface area contributed by atoms with E-state index >= 15 is 0 Å². The van der Waals surface area contributed by atoms with E-state index in [-0.39, 0.29) is 5.91 Å². The zero-order chi connectivity index (χ0) is 21.5. The number of carbonyl (C=O) groups is 1. The van der Waals surface area contributed by atoms with Crippen molar-refractivity contribution in [2.75, 3.05) is 19.5 Å². The molecule has 1 heterocycles. The maximum atomic E-state index is 12.2. The van der Waals surface area contributed by atoms with Gasteiger partial charge in [-0.1, -0.05) is 23.2 Å². The molecule has 0 fully saturated rings. The fourth-order valence-electron chi connectivity index (χ4n) is 2.52. The fourth-order valence-corrected chi connectivity index (χ4v) is 2.94. The van der Waals surface area contributed by atoms with Gasteiger partial charge in [0.2, 0.25) is 11.8 Å². The molecule has 0 unspecified atom stereocenters. The second-order valence-electron chi connectivity index (χ2n) is 5.97. The largest absolute Gasteiger partial charge is 0.493 e. The Morgan fingerprint density at radius 1 is 1.00 bits per heavy atom. The highest BCUT2D eigenvalue weighted by atomic mass is 35.5. The number of amides is 1. The van der Waals surface area contributed by atoms with Gasteiger partial charge in [-0.2, -0.15) is 0 Å². The van der Waals surface area contributed by atoms with Crippen LogP contribution in [0.4, 0.5) is 5.69 Å². The smallest absolute Gasteiger partial charge is 0.248 e. The summed E-state index contributed by atoms with van der Waals surface area (Å²) in [4.78, 5) is 16.4. The first-order valence-corrected chi connectivity index (χ1v) is 9.54. The Balaban J connectivity index is 1.63. The van der Waals surface area contributed by atoms with Crippen LogP contribution in [0.2, 0.25) is 10.0 Å². The van der Waals surface area contributed by atoms with E-state index in [1.807, 2.05) is 0 Å². The highest BCUT2D eigenvalue weighted by molar-refractivity contribution is 6.34. The lowest BCUT2D eigenvalue weighted by Gasteiger charge is -2.10. The summed E-state index contributed by atoms with van der Waals surface area (Å²) in [6.07, 6.45) is 4.46. The van der Waals surface area contributed by atoms with Crippen molar-refractivity contribution in [2.45, 2.75) is 0 Å². The zero-order valence-electron chi connectivity index (χ0n) is 16.2. The van der Waals surface area contributed by atoms with Crippen LogP contribution < -0.4 is 19.5 Å². The van der Waals surface area contributed by atoms with E-state index in [1.165, 1.54) is 26.5 Å². The van der Waals surface area contributed by atoms with Crippen molar-refractivity contribution in [1.82, 2.24) is 4.98 Å². The summed E-state index contributed by atoms with van der Waals surface area (Å²) < 4.78 is 16.1. The van der Waals surface area contributed by atoms with Gasteiger partial charge < -0.3 is 19.5 Å². The van der Waals surface area contributed by atoms with Gasteiger partial charge in [0.25, 0.3) is 0 Å². The SMILES string of the molecule is COc1ccc(/C=C/C(=O)Nc2ccc(Oc3ccc(Cl)cc3)nc2)c(Cl)c1OC. The molecular formula is C22H18Cl2N2O4. The van der Waals surface area contributed by atoms with Crippen LogP contribution in [0.15, 0.2) is 60.8 Å². The number of halogens is 2. The van der Waals surface area contributed by atoms with Crippen LogP contribution >= 0.6 is 23.2 Å². The molecule has 3 rings (SSSR count). The molecule has 2 aromatic carbocycles. The van der Waals surface area contributed by atoms with Gasteiger partial charge in [0.05, 0.1) is 31.1 Å². The summed E-state index contributed by atoms with van der Waals surface area (Å²) in [5, 5.41) is 3.70. The third-order valence-corrected chi connectivity index (χ3v) is 4.61. The predicted molar refractivity (Wildman–Crippen MR) is 118 cm³/mol. The Morgan fingerprint density at radius 3 is 2.40 bits per heavy atom. The second kappa shape index (κ2) is 10.0. The summed E-state index contributed by atoms with van der Waals surface area (Å²) in [5.41, 5.74) is 1.14. The number of hydrogen-bond acceptors (Lipinski definition) is 5. The minimum absolute atomic E-state index is 0.339. The van der Waals surface area contributed by atoms with Gasteiger partial charge in [-0.05, 0) is 54.1 Å². The van der Waals surface area contributed by atoms with E-state index in [1.54, 1.807) is 54.6 Å². The van der Waals surface area contributed by atoms with E-state index in [2.05, 4.69) is 10.3 Å². The number of hydrogen-bond donors (Lipinski definition) is 1. The molecule has 1 aromatic heterocycles. The molecular weight excluding hydrogens is 427 g/mol. The topological polar surface area (TPSA) is 69.7 Å². The Hall–Kier alpha value is -3.22. The predicted octanol–water partition coefficient (Wildman–Crippen LogP) is 5.85. The monoisotopic (exact) mass is 444 g/mol. The number of rotatable bonds is 7. The number of methoxy groups -OCH3 is 2. The maximum Gasteiger partial charge on any atom is 0.248 e. The van der Waals surface area contributed by atoms with Crippen LogP contribution in [0, 0.1) is 0 Å². The molecule has 30 heavy (non-hydrogen) atoms. The quantitative estimate of drug-likeness (QED) is 0.462. The molecule has 6 nitrogen and oxygen atoms in total. The number of nitrogens with one attached hydrogen (secondary N) is 1. The van der Waals surface area contributed by atoms with Crippen molar-refractivity contribution in [1.29, 1.82) is 0 Å². The summed E-state index contributed by atoms with van der Waals surface area (Å²) in [7, 11) is 3.02. The Labute approximate surface area is 184 Å². The fraction of sp³-hybridized carbons (Fsp3) is 0.0909. The summed E-state index contributed by atoms with van der Waals surface area (Å²) in [5.74, 6) is 1.58. The molecule has 1 amide bonds. The molecule has 3 aromatic rings. The van der Waals surface area contributed by atoms with Crippen LogP contribution in [-0.4, -0.2) is 25.1 Å². The molecule has 0 aliphatic carbocycles. The normalized spacial score (nSPS) is 10.7. The summed E-state index contributed by atoms with van der Waals surface area (Å²) >= 11 is 12.2. The molecule has 154 valence electrons. The highest BCUT2D eigenvalue weighted by Gasteiger charge is 2.11. The lowest BCUT2D eigenvalue weighted by Crippen LogP contribution is -2.08. The average Bonchev–Trinajstić information content (AvgIpc) is 2.75. The van der Waals surface area contributed by atoms with Gasteiger partial charge in [0, 0.05) is 17.2 Å². The number of carbonyl (C=O) groups excluding carboxylic acids is 1. The molecule has 1 N–H and O–H groups in total. The number of ether oxygens (including phenoxy) is 3. The van der Waals surface area contributed by atoms with E-state index in [4.69, 9.17) is 37.4 Å².